The van der Waals surface area contributed by atoms with Crippen molar-refractivity contribution in [2.45, 2.75) is 6.61 Å². The molecule has 0 aliphatic heterocycles. The lowest BCUT2D eigenvalue weighted by Gasteiger charge is -2.05. The Balaban J connectivity index is 1.69. The monoisotopic (exact) mass is 267 g/mol. The van der Waals surface area contributed by atoms with E-state index >= 15 is 0 Å². The molecule has 3 heterocycles. The van der Waals surface area contributed by atoms with E-state index in [2.05, 4.69) is 20.2 Å². The number of aryl methyl sites for hydroxylation is 1. The summed E-state index contributed by atoms with van der Waals surface area (Å²) in [5, 5.41) is 8.15. The average molecular weight is 267 g/mol. The molecule has 0 aliphatic rings. The Hall–Kier alpha value is -2.76. The zero-order chi connectivity index (χ0) is 13.8. The molecule has 0 atom stereocenters. The molecule has 20 heavy (non-hydrogen) atoms. The third-order valence-corrected chi connectivity index (χ3v) is 2.85. The van der Waals surface area contributed by atoms with Crippen LogP contribution in [0.4, 0.5) is 0 Å². The number of hydrogen-bond donors (Lipinski definition) is 0. The summed E-state index contributed by atoms with van der Waals surface area (Å²) in [6.07, 6.45) is 5.22. The van der Waals surface area contributed by atoms with Gasteiger partial charge in [0.15, 0.2) is 0 Å². The maximum absolute atomic E-state index is 5.57. The van der Waals surface area contributed by atoms with Gasteiger partial charge >= 0.3 is 0 Å². The van der Waals surface area contributed by atoms with Crippen LogP contribution in [-0.4, -0.2) is 24.7 Å². The molecule has 6 nitrogen and oxygen atoms in total. The lowest BCUT2D eigenvalue weighted by Crippen LogP contribution is -2.03. The Morgan fingerprint density at radius 3 is 2.70 bits per heavy atom. The largest absolute Gasteiger partial charge is 0.470 e. The van der Waals surface area contributed by atoms with Crippen molar-refractivity contribution in [2.75, 3.05) is 0 Å². The van der Waals surface area contributed by atoms with E-state index in [4.69, 9.17) is 4.74 Å². The van der Waals surface area contributed by atoms with Crippen molar-refractivity contribution >= 4 is 0 Å². The fraction of sp³-hybridized carbons (Fsp3) is 0.143. The average Bonchev–Trinajstić information content (AvgIpc) is 2.92. The van der Waals surface area contributed by atoms with Crippen LogP contribution >= 0.6 is 0 Å². The highest BCUT2D eigenvalue weighted by Gasteiger charge is 2.04. The van der Waals surface area contributed by atoms with Crippen LogP contribution in [0.5, 0.6) is 5.88 Å². The van der Waals surface area contributed by atoms with Crippen LogP contribution in [0.1, 0.15) is 5.69 Å². The fourth-order valence-corrected chi connectivity index (χ4v) is 1.72. The molecule has 0 radical (unpaired) electrons. The van der Waals surface area contributed by atoms with Gasteiger partial charge in [-0.15, -0.1) is 10.2 Å². The van der Waals surface area contributed by atoms with Crippen molar-refractivity contribution < 1.29 is 4.74 Å². The molecule has 0 saturated carbocycles. The molecule has 3 aromatic heterocycles. The van der Waals surface area contributed by atoms with E-state index < -0.39 is 0 Å². The Labute approximate surface area is 116 Å². The molecule has 0 unspecified atom stereocenters. The van der Waals surface area contributed by atoms with Crippen molar-refractivity contribution in [3.05, 3.63) is 54.7 Å². The number of pyridine rings is 1. The molecule has 0 saturated heterocycles. The predicted octanol–water partition coefficient (Wildman–Crippen LogP) is 1.85. The lowest BCUT2D eigenvalue weighted by atomic mass is 10.2. The van der Waals surface area contributed by atoms with Gasteiger partial charge in [0.25, 0.3) is 0 Å². The molecule has 0 spiro atoms. The van der Waals surface area contributed by atoms with E-state index in [1.165, 1.54) is 0 Å². The summed E-state index contributed by atoms with van der Waals surface area (Å²) in [5.74, 6) is 0.478. The zero-order valence-electron chi connectivity index (χ0n) is 11.0. The molecule has 0 aromatic carbocycles. The maximum atomic E-state index is 5.57. The minimum absolute atomic E-state index is 0.411. The summed E-state index contributed by atoms with van der Waals surface area (Å²) in [5.41, 5.74) is 2.48. The van der Waals surface area contributed by atoms with E-state index in [0.29, 0.717) is 12.5 Å². The first kappa shape index (κ1) is 12.3. The number of aromatic nitrogens is 5. The zero-order valence-corrected chi connectivity index (χ0v) is 11.0. The first-order chi connectivity index (χ1) is 9.83. The molecule has 6 heteroatoms. The number of ether oxygens (including phenoxy) is 1. The van der Waals surface area contributed by atoms with Crippen LogP contribution in [0.25, 0.3) is 11.4 Å². The van der Waals surface area contributed by atoms with Crippen molar-refractivity contribution in [1.82, 2.24) is 24.7 Å². The maximum Gasteiger partial charge on any atom is 0.233 e. The second-order valence-electron chi connectivity index (χ2n) is 4.26. The molecule has 3 aromatic rings. The SMILES string of the molecule is Cn1cncc1COc1ccc(-c2ccccn2)nn1. The van der Waals surface area contributed by atoms with Crippen LogP contribution in [0, 0.1) is 0 Å². The lowest BCUT2D eigenvalue weighted by molar-refractivity contribution is 0.282. The summed E-state index contributed by atoms with van der Waals surface area (Å²) < 4.78 is 7.47. The molecular formula is C14H13N5O. The first-order valence-electron chi connectivity index (χ1n) is 6.16. The van der Waals surface area contributed by atoms with Crippen LogP contribution in [0.15, 0.2) is 49.1 Å². The normalized spacial score (nSPS) is 10.4. The van der Waals surface area contributed by atoms with E-state index in [-0.39, 0.29) is 0 Å². The summed E-state index contributed by atoms with van der Waals surface area (Å²) in [6, 6.07) is 9.29. The third kappa shape index (κ3) is 2.64. The third-order valence-electron chi connectivity index (χ3n) is 2.85. The molecule has 100 valence electrons. The topological polar surface area (TPSA) is 65.7 Å². The van der Waals surface area contributed by atoms with E-state index in [0.717, 1.165) is 17.1 Å². The second-order valence-corrected chi connectivity index (χ2v) is 4.26. The smallest absolute Gasteiger partial charge is 0.233 e. The Morgan fingerprint density at radius 1 is 1.10 bits per heavy atom. The molecule has 3 rings (SSSR count). The Bertz CT molecular complexity index is 678. The van der Waals surface area contributed by atoms with Gasteiger partial charge in [-0.1, -0.05) is 6.07 Å². The summed E-state index contributed by atoms with van der Waals surface area (Å²) in [6.45, 7) is 0.411. The number of hydrogen-bond acceptors (Lipinski definition) is 5. The minimum Gasteiger partial charge on any atom is -0.470 e. The minimum atomic E-state index is 0.411. The first-order valence-corrected chi connectivity index (χ1v) is 6.16. The van der Waals surface area contributed by atoms with Gasteiger partial charge < -0.3 is 9.30 Å². The quantitative estimate of drug-likeness (QED) is 0.721. The van der Waals surface area contributed by atoms with Crippen LogP contribution in [0.3, 0.4) is 0 Å². The molecule has 0 N–H and O–H groups in total. The summed E-state index contributed by atoms with van der Waals surface area (Å²) in [4.78, 5) is 8.25. The fourth-order valence-electron chi connectivity index (χ4n) is 1.72. The van der Waals surface area contributed by atoms with Gasteiger partial charge in [0, 0.05) is 19.3 Å². The van der Waals surface area contributed by atoms with Gasteiger partial charge in [0.2, 0.25) is 5.88 Å². The van der Waals surface area contributed by atoms with Gasteiger partial charge in [-0.05, 0) is 18.2 Å². The highest BCUT2D eigenvalue weighted by Crippen LogP contribution is 2.15. The van der Waals surface area contributed by atoms with Crippen molar-refractivity contribution in [1.29, 1.82) is 0 Å². The number of rotatable bonds is 4. The van der Waals surface area contributed by atoms with Gasteiger partial charge in [0.1, 0.15) is 12.3 Å². The molecule has 0 amide bonds. The highest BCUT2D eigenvalue weighted by atomic mass is 16.5. The van der Waals surface area contributed by atoms with Crippen molar-refractivity contribution in [3.63, 3.8) is 0 Å². The Morgan fingerprint density at radius 2 is 2.05 bits per heavy atom. The van der Waals surface area contributed by atoms with E-state index in [9.17, 15) is 0 Å². The highest BCUT2D eigenvalue weighted by molar-refractivity contribution is 5.52. The van der Waals surface area contributed by atoms with Gasteiger partial charge in [-0.25, -0.2) is 4.98 Å². The Kier molecular flexibility index (Phi) is 3.36. The van der Waals surface area contributed by atoms with Crippen LogP contribution < -0.4 is 4.74 Å². The summed E-state index contributed by atoms with van der Waals surface area (Å²) >= 11 is 0. The van der Waals surface area contributed by atoms with E-state index in [1.807, 2.05) is 35.9 Å². The number of imidazole rings is 1. The van der Waals surface area contributed by atoms with Gasteiger partial charge in [-0.2, -0.15) is 0 Å². The summed E-state index contributed by atoms with van der Waals surface area (Å²) in [7, 11) is 1.92. The molecular weight excluding hydrogens is 254 g/mol. The molecule has 0 aliphatic carbocycles. The van der Waals surface area contributed by atoms with E-state index in [1.54, 1.807) is 24.8 Å². The molecule has 0 fully saturated rings. The van der Waals surface area contributed by atoms with Crippen molar-refractivity contribution in [2.24, 2.45) is 7.05 Å². The second kappa shape index (κ2) is 5.48. The number of nitrogens with zero attached hydrogens (tertiary/aromatic N) is 5. The van der Waals surface area contributed by atoms with Crippen LogP contribution in [-0.2, 0) is 13.7 Å². The van der Waals surface area contributed by atoms with Crippen molar-refractivity contribution in [3.8, 4) is 17.3 Å². The van der Waals surface area contributed by atoms with Crippen LogP contribution in [0.2, 0.25) is 0 Å². The van der Waals surface area contributed by atoms with Gasteiger partial charge in [-0.3, -0.25) is 4.98 Å². The predicted molar refractivity (Wildman–Crippen MR) is 72.8 cm³/mol. The van der Waals surface area contributed by atoms with Gasteiger partial charge in [0.05, 0.1) is 23.9 Å². The standard InChI is InChI=1S/C14H13N5O/c1-19-10-15-8-11(19)9-20-14-6-5-13(17-18-14)12-4-2-3-7-16-12/h2-8,10H,9H2,1H3. The molecule has 0 bridgehead atoms.